The molecule has 1 aromatic carbocycles. The van der Waals surface area contributed by atoms with Crippen molar-refractivity contribution in [1.82, 2.24) is 14.4 Å². The van der Waals surface area contributed by atoms with E-state index in [9.17, 15) is 13.7 Å². The number of nitriles is 1. The molecule has 0 radical (unpaired) electrons. The van der Waals surface area contributed by atoms with Crippen LogP contribution in [-0.2, 0) is 15.8 Å². The zero-order valence-corrected chi connectivity index (χ0v) is 16.3. The summed E-state index contributed by atoms with van der Waals surface area (Å²) in [5, 5.41) is 14.4. The van der Waals surface area contributed by atoms with Crippen LogP contribution in [0, 0.1) is 11.3 Å². The molecule has 1 saturated heterocycles. The quantitative estimate of drug-likeness (QED) is 0.641. The molecule has 0 aliphatic carbocycles. The molecule has 1 fully saturated rings. The van der Waals surface area contributed by atoms with Crippen LogP contribution in [0.2, 0.25) is 5.02 Å². The number of nitrogens with zero attached hydrogens (tertiary/aromatic N) is 5. The van der Waals surface area contributed by atoms with Crippen LogP contribution in [0.15, 0.2) is 41.1 Å². The number of benzene rings is 1. The highest BCUT2D eigenvalue weighted by atomic mass is 35.5. The Morgan fingerprint density at radius 3 is 2.64 bits per heavy atom. The third-order valence-corrected chi connectivity index (χ3v) is 6.70. The number of rotatable bonds is 4. The fourth-order valence-electron chi connectivity index (χ4n) is 3.22. The molecule has 8 nitrogen and oxygen atoms in total. The molecule has 3 aromatic rings. The molecular weight excluding hydrogens is 402 g/mol. The van der Waals surface area contributed by atoms with E-state index in [0.29, 0.717) is 59.2 Å². The van der Waals surface area contributed by atoms with Gasteiger partial charge in [0.2, 0.25) is 10.0 Å². The first-order chi connectivity index (χ1) is 13.5. The van der Waals surface area contributed by atoms with Gasteiger partial charge in [-0.3, -0.25) is 0 Å². The van der Waals surface area contributed by atoms with Gasteiger partial charge >= 0.3 is 0 Å². The van der Waals surface area contributed by atoms with E-state index in [1.165, 1.54) is 10.6 Å². The van der Waals surface area contributed by atoms with Crippen molar-refractivity contribution in [2.24, 2.45) is 0 Å². The van der Waals surface area contributed by atoms with Gasteiger partial charge in [0.05, 0.1) is 22.8 Å². The molecule has 144 valence electrons. The summed E-state index contributed by atoms with van der Waals surface area (Å²) in [5.74, 6) is 0.469. The smallest absolute Gasteiger partial charge is 0.220 e. The minimum Gasteiger partial charge on any atom is -0.364 e. The number of piperazine rings is 1. The van der Waals surface area contributed by atoms with Gasteiger partial charge in [0.1, 0.15) is 17.8 Å². The van der Waals surface area contributed by atoms with Crippen LogP contribution in [0.3, 0.4) is 0 Å². The van der Waals surface area contributed by atoms with Crippen molar-refractivity contribution in [3.05, 3.63) is 52.9 Å². The van der Waals surface area contributed by atoms with Gasteiger partial charge in [-0.1, -0.05) is 16.8 Å². The number of fused-ring (bicyclic) bond motifs is 1. The lowest BCUT2D eigenvalue weighted by atomic mass is 10.1. The van der Waals surface area contributed by atoms with E-state index in [-0.39, 0.29) is 5.75 Å². The van der Waals surface area contributed by atoms with E-state index in [0.717, 1.165) is 0 Å². The topological polar surface area (TPSA) is 103 Å². The molecule has 1 aliphatic heterocycles. The number of aromatic nitrogens is 2. The van der Waals surface area contributed by atoms with Crippen molar-refractivity contribution >= 4 is 38.3 Å². The summed E-state index contributed by atoms with van der Waals surface area (Å²) < 4.78 is 31.3. The zero-order valence-electron chi connectivity index (χ0n) is 14.7. The fraction of sp³-hybridized carbons (Fsp3) is 0.278. The van der Waals surface area contributed by atoms with Crippen LogP contribution >= 0.6 is 11.6 Å². The molecule has 0 amide bonds. The first kappa shape index (κ1) is 18.7. The van der Waals surface area contributed by atoms with Crippen molar-refractivity contribution < 1.29 is 12.9 Å². The Hall–Kier alpha value is -2.67. The van der Waals surface area contributed by atoms with Crippen molar-refractivity contribution in [2.45, 2.75) is 5.75 Å². The highest BCUT2D eigenvalue weighted by Gasteiger charge is 2.28. The zero-order chi connectivity index (χ0) is 19.7. The average molecular weight is 418 g/mol. The number of pyridine rings is 1. The van der Waals surface area contributed by atoms with Crippen molar-refractivity contribution in [1.29, 1.82) is 5.26 Å². The van der Waals surface area contributed by atoms with Crippen LogP contribution in [-0.4, -0.2) is 49.0 Å². The van der Waals surface area contributed by atoms with Gasteiger partial charge in [0.25, 0.3) is 0 Å². The molecule has 1 aliphatic rings. The third kappa shape index (κ3) is 3.67. The number of halogens is 1. The summed E-state index contributed by atoms with van der Waals surface area (Å²) in [7, 11) is -3.47. The van der Waals surface area contributed by atoms with Crippen LogP contribution in [0.1, 0.15) is 11.3 Å². The molecule has 4 rings (SSSR count). The van der Waals surface area contributed by atoms with E-state index in [1.54, 1.807) is 30.3 Å². The first-order valence-corrected chi connectivity index (χ1v) is 10.6. The summed E-state index contributed by atoms with van der Waals surface area (Å²) in [4.78, 5) is 6.61. The normalized spacial score (nSPS) is 15.6. The second kappa shape index (κ2) is 7.39. The van der Waals surface area contributed by atoms with Gasteiger partial charge in [-0.25, -0.2) is 13.4 Å². The highest BCUT2D eigenvalue weighted by molar-refractivity contribution is 7.88. The monoisotopic (exact) mass is 417 g/mol. The maximum Gasteiger partial charge on any atom is 0.220 e. The van der Waals surface area contributed by atoms with Crippen LogP contribution in [0.25, 0.3) is 10.9 Å². The van der Waals surface area contributed by atoms with E-state index in [1.807, 2.05) is 4.90 Å². The van der Waals surface area contributed by atoms with Gasteiger partial charge in [0, 0.05) is 42.7 Å². The third-order valence-electron chi connectivity index (χ3n) is 4.66. The number of hydrogen-bond acceptors (Lipinski definition) is 7. The second-order valence-electron chi connectivity index (χ2n) is 6.43. The number of anilines is 1. The maximum atomic E-state index is 12.6. The van der Waals surface area contributed by atoms with E-state index in [2.05, 4.69) is 16.2 Å². The minimum absolute atomic E-state index is 0.183. The SMILES string of the molecule is N#Cc1cc(N2CCN(S(=O)(=O)Cc3ccon3)CC2)nc2ccc(Cl)cc12. The first-order valence-electron chi connectivity index (χ1n) is 8.59. The summed E-state index contributed by atoms with van der Waals surface area (Å²) >= 11 is 6.03. The fourth-order valence-corrected chi connectivity index (χ4v) is 4.82. The number of hydrogen-bond donors (Lipinski definition) is 0. The minimum atomic E-state index is -3.47. The Balaban J connectivity index is 1.52. The number of sulfonamides is 1. The lowest BCUT2D eigenvalue weighted by molar-refractivity contribution is 0.380. The molecule has 0 N–H and O–H groups in total. The van der Waals surface area contributed by atoms with Crippen molar-refractivity contribution in [3.63, 3.8) is 0 Å². The Morgan fingerprint density at radius 2 is 1.96 bits per heavy atom. The lowest BCUT2D eigenvalue weighted by Gasteiger charge is -2.34. The molecular formula is C18H16ClN5O3S. The average Bonchev–Trinajstić information content (AvgIpc) is 3.19. The molecule has 0 unspecified atom stereocenters. The van der Waals surface area contributed by atoms with E-state index in [4.69, 9.17) is 16.1 Å². The van der Waals surface area contributed by atoms with Gasteiger partial charge < -0.3 is 9.42 Å². The largest absolute Gasteiger partial charge is 0.364 e. The van der Waals surface area contributed by atoms with Gasteiger partial charge in [-0.05, 0) is 24.3 Å². The van der Waals surface area contributed by atoms with Gasteiger partial charge in [-0.2, -0.15) is 9.57 Å². The van der Waals surface area contributed by atoms with E-state index < -0.39 is 10.0 Å². The predicted molar refractivity (Wildman–Crippen MR) is 104 cm³/mol. The van der Waals surface area contributed by atoms with Crippen LogP contribution in [0.5, 0.6) is 0 Å². The molecule has 0 atom stereocenters. The Kier molecular flexibility index (Phi) is 4.93. The Labute approximate surface area is 167 Å². The Bertz CT molecular complexity index is 1150. The van der Waals surface area contributed by atoms with E-state index >= 15 is 0 Å². The second-order valence-corrected chi connectivity index (χ2v) is 8.84. The molecule has 28 heavy (non-hydrogen) atoms. The molecule has 0 saturated carbocycles. The molecule has 3 heterocycles. The molecule has 10 heteroatoms. The predicted octanol–water partition coefficient (Wildman–Crippen LogP) is 2.40. The van der Waals surface area contributed by atoms with Crippen LogP contribution in [0.4, 0.5) is 5.82 Å². The molecule has 0 bridgehead atoms. The summed E-state index contributed by atoms with van der Waals surface area (Å²) in [6.45, 7) is 1.63. The summed E-state index contributed by atoms with van der Waals surface area (Å²) in [5.41, 5.74) is 1.55. The van der Waals surface area contributed by atoms with Gasteiger partial charge in [0.15, 0.2) is 0 Å². The molecule has 0 spiro atoms. The molecule has 2 aromatic heterocycles. The van der Waals surface area contributed by atoms with Gasteiger partial charge in [-0.15, -0.1) is 0 Å². The summed E-state index contributed by atoms with van der Waals surface area (Å²) in [6.07, 6.45) is 1.36. The van der Waals surface area contributed by atoms with Crippen LogP contribution < -0.4 is 4.90 Å². The highest BCUT2D eigenvalue weighted by Crippen LogP contribution is 2.26. The standard InChI is InChI=1S/C18H16ClN5O3S/c19-14-1-2-17-16(10-14)13(11-20)9-18(21-17)23-4-6-24(7-5-23)28(25,26)12-15-3-8-27-22-15/h1-3,8-10H,4-7,12H2. The lowest BCUT2D eigenvalue weighted by Crippen LogP contribution is -2.49. The van der Waals surface area contributed by atoms with Crippen molar-refractivity contribution in [2.75, 3.05) is 31.1 Å². The maximum absolute atomic E-state index is 12.6. The Morgan fingerprint density at radius 1 is 1.18 bits per heavy atom. The van der Waals surface area contributed by atoms with Crippen molar-refractivity contribution in [3.8, 4) is 6.07 Å². The summed E-state index contributed by atoms with van der Waals surface area (Å²) in [6, 6.07) is 10.7.